The minimum Gasteiger partial charge on any atom is -0.481 e. The predicted octanol–water partition coefficient (Wildman–Crippen LogP) is 3.84. The fourth-order valence-corrected chi connectivity index (χ4v) is 3.44. The molecule has 1 aliphatic heterocycles. The highest BCUT2D eigenvalue weighted by Crippen LogP contribution is 2.36. The Morgan fingerprint density at radius 3 is 2.76 bits per heavy atom. The van der Waals surface area contributed by atoms with Gasteiger partial charge in [0.25, 0.3) is 11.1 Å². The van der Waals surface area contributed by atoms with Crippen molar-refractivity contribution < 1.29 is 23.9 Å². The van der Waals surface area contributed by atoms with Crippen LogP contribution in [-0.4, -0.2) is 41.8 Å². The van der Waals surface area contributed by atoms with Gasteiger partial charge in [0.05, 0.1) is 12.0 Å². The van der Waals surface area contributed by atoms with E-state index in [0.717, 1.165) is 16.2 Å². The first-order valence-electron chi connectivity index (χ1n) is 7.63. The molecule has 1 aromatic rings. The van der Waals surface area contributed by atoms with Crippen LogP contribution in [0.2, 0.25) is 0 Å². The number of esters is 1. The molecule has 1 fully saturated rings. The summed E-state index contributed by atoms with van der Waals surface area (Å²) in [6.07, 6.45) is 2.29. The number of hydrogen-bond acceptors (Lipinski definition) is 6. The standard InChI is InChI=1S/C17H18BrNO5S/c1-4-10(2)19-16(21)14(25-17(19)22)8-11-7-12(18)5-6-13(11)24-9-15(20)23-3/h5-8,10H,4,9H2,1-3H3/b14-8-. The van der Waals surface area contributed by atoms with E-state index >= 15 is 0 Å². The molecule has 1 atom stereocenters. The van der Waals surface area contributed by atoms with Crippen LogP contribution >= 0.6 is 27.7 Å². The molecule has 0 aromatic heterocycles. The molecule has 2 amide bonds. The van der Waals surface area contributed by atoms with E-state index < -0.39 is 5.97 Å². The van der Waals surface area contributed by atoms with E-state index in [2.05, 4.69) is 20.7 Å². The summed E-state index contributed by atoms with van der Waals surface area (Å²) >= 11 is 4.27. The lowest BCUT2D eigenvalue weighted by atomic mass is 10.1. The van der Waals surface area contributed by atoms with Crippen molar-refractivity contribution in [3.05, 3.63) is 33.1 Å². The van der Waals surface area contributed by atoms with Gasteiger partial charge in [0.15, 0.2) is 6.61 Å². The lowest BCUT2D eigenvalue weighted by Gasteiger charge is -2.19. The highest BCUT2D eigenvalue weighted by molar-refractivity contribution is 9.10. The number of imide groups is 1. The predicted molar refractivity (Wildman–Crippen MR) is 99.2 cm³/mol. The molecule has 1 heterocycles. The summed E-state index contributed by atoms with van der Waals surface area (Å²) < 4.78 is 10.8. The highest BCUT2D eigenvalue weighted by atomic mass is 79.9. The van der Waals surface area contributed by atoms with Crippen molar-refractivity contribution in [3.8, 4) is 5.75 Å². The number of ether oxygens (including phenoxy) is 2. The number of rotatable bonds is 6. The van der Waals surface area contributed by atoms with Crippen molar-refractivity contribution in [2.45, 2.75) is 26.3 Å². The van der Waals surface area contributed by atoms with Gasteiger partial charge in [-0.05, 0) is 49.4 Å². The smallest absolute Gasteiger partial charge is 0.343 e. The number of halogens is 1. The van der Waals surface area contributed by atoms with Gasteiger partial charge >= 0.3 is 5.97 Å². The van der Waals surface area contributed by atoms with Gasteiger partial charge in [-0.15, -0.1) is 0 Å². The second kappa shape index (κ2) is 8.53. The Balaban J connectivity index is 2.30. The summed E-state index contributed by atoms with van der Waals surface area (Å²) in [5.74, 6) is -0.404. The highest BCUT2D eigenvalue weighted by Gasteiger charge is 2.37. The third kappa shape index (κ3) is 4.64. The van der Waals surface area contributed by atoms with Gasteiger partial charge in [0.1, 0.15) is 5.75 Å². The average molecular weight is 428 g/mol. The normalized spacial score (nSPS) is 17.1. The minimum atomic E-state index is -0.508. The van der Waals surface area contributed by atoms with Crippen molar-refractivity contribution >= 4 is 50.9 Å². The Kier molecular flexibility index (Phi) is 6.66. The SMILES string of the molecule is CCC(C)N1C(=O)S/C(=C\c2cc(Br)ccc2OCC(=O)OC)C1=O. The number of benzene rings is 1. The van der Waals surface area contributed by atoms with Gasteiger partial charge in [-0.25, -0.2) is 4.79 Å². The van der Waals surface area contributed by atoms with Gasteiger partial charge in [0, 0.05) is 16.1 Å². The van der Waals surface area contributed by atoms with E-state index in [9.17, 15) is 14.4 Å². The minimum absolute atomic E-state index is 0.157. The van der Waals surface area contributed by atoms with Gasteiger partial charge in [-0.2, -0.15) is 0 Å². The molecule has 1 aliphatic rings. The molecule has 134 valence electrons. The summed E-state index contributed by atoms with van der Waals surface area (Å²) in [5.41, 5.74) is 0.591. The molecule has 0 aliphatic carbocycles. The summed E-state index contributed by atoms with van der Waals surface area (Å²) in [4.78, 5) is 37.5. The van der Waals surface area contributed by atoms with E-state index in [4.69, 9.17) is 4.74 Å². The van der Waals surface area contributed by atoms with Crippen molar-refractivity contribution in [2.75, 3.05) is 13.7 Å². The Hall–Kier alpha value is -1.80. The first kappa shape index (κ1) is 19.5. The molecule has 25 heavy (non-hydrogen) atoms. The number of thioether (sulfide) groups is 1. The van der Waals surface area contributed by atoms with Crippen LogP contribution in [0.5, 0.6) is 5.75 Å². The molecular weight excluding hydrogens is 410 g/mol. The second-order valence-electron chi connectivity index (χ2n) is 5.36. The lowest BCUT2D eigenvalue weighted by Crippen LogP contribution is -2.36. The van der Waals surface area contributed by atoms with Crippen molar-refractivity contribution in [2.24, 2.45) is 0 Å². The summed E-state index contributed by atoms with van der Waals surface area (Å²) in [6, 6.07) is 5.03. The summed E-state index contributed by atoms with van der Waals surface area (Å²) in [6.45, 7) is 3.52. The maximum atomic E-state index is 12.5. The van der Waals surface area contributed by atoms with Crippen molar-refractivity contribution in [1.29, 1.82) is 0 Å². The molecule has 6 nitrogen and oxygen atoms in total. The zero-order chi connectivity index (χ0) is 18.6. The quantitative estimate of drug-likeness (QED) is 0.507. The maximum Gasteiger partial charge on any atom is 0.343 e. The molecule has 8 heteroatoms. The molecule has 1 saturated heterocycles. The number of nitrogens with zero attached hydrogens (tertiary/aromatic N) is 1. The third-order valence-electron chi connectivity index (χ3n) is 3.69. The fraction of sp³-hybridized carbons (Fsp3) is 0.353. The molecule has 0 bridgehead atoms. The number of carbonyl (C=O) groups excluding carboxylic acids is 3. The molecule has 0 N–H and O–H groups in total. The first-order valence-corrected chi connectivity index (χ1v) is 9.24. The van der Waals surface area contributed by atoms with Crippen LogP contribution in [0.15, 0.2) is 27.6 Å². The number of methoxy groups -OCH3 is 1. The molecule has 0 radical (unpaired) electrons. The van der Waals surface area contributed by atoms with E-state index in [-0.39, 0.29) is 23.8 Å². The number of carbonyl (C=O) groups is 3. The van der Waals surface area contributed by atoms with E-state index in [0.29, 0.717) is 22.6 Å². The first-order chi connectivity index (χ1) is 11.9. The van der Waals surface area contributed by atoms with Crippen LogP contribution in [0.1, 0.15) is 25.8 Å². The monoisotopic (exact) mass is 427 g/mol. The van der Waals surface area contributed by atoms with Crippen LogP contribution in [0, 0.1) is 0 Å². The van der Waals surface area contributed by atoms with Gasteiger partial charge in [0.2, 0.25) is 0 Å². The zero-order valence-electron chi connectivity index (χ0n) is 14.1. The van der Waals surface area contributed by atoms with Crippen LogP contribution in [0.4, 0.5) is 4.79 Å². The van der Waals surface area contributed by atoms with Crippen molar-refractivity contribution in [3.63, 3.8) is 0 Å². The molecule has 0 saturated carbocycles. The third-order valence-corrected chi connectivity index (χ3v) is 5.06. The van der Waals surface area contributed by atoms with Gasteiger partial charge in [-0.3, -0.25) is 14.5 Å². The lowest BCUT2D eigenvalue weighted by molar-refractivity contribution is -0.142. The molecule has 1 unspecified atom stereocenters. The van der Waals surface area contributed by atoms with E-state index in [1.54, 1.807) is 24.3 Å². The maximum absolute atomic E-state index is 12.5. The topological polar surface area (TPSA) is 72.9 Å². The van der Waals surface area contributed by atoms with Gasteiger partial charge < -0.3 is 9.47 Å². The van der Waals surface area contributed by atoms with E-state index in [1.807, 2.05) is 13.8 Å². The Labute approximate surface area is 158 Å². The Morgan fingerprint density at radius 1 is 1.40 bits per heavy atom. The molecule has 1 aromatic carbocycles. The Morgan fingerprint density at radius 2 is 2.12 bits per heavy atom. The molecule has 0 spiro atoms. The number of amides is 2. The Bertz CT molecular complexity index is 734. The summed E-state index contributed by atoms with van der Waals surface area (Å²) in [5, 5.41) is -0.280. The van der Waals surface area contributed by atoms with Crippen LogP contribution in [0.25, 0.3) is 6.08 Å². The second-order valence-corrected chi connectivity index (χ2v) is 7.26. The molecule has 2 rings (SSSR count). The van der Waals surface area contributed by atoms with Crippen LogP contribution < -0.4 is 4.74 Å². The average Bonchev–Trinajstić information content (AvgIpc) is 2.86. The fourth-order valence-electron chi connectivity index (χ4n) is 2.14. The van der Waals surface area contributed by atoms with Crippen molar-refractivity contribution in [1.82, 2.24) is 4.90 Å². The zero-order valence-corrected chi connectivity index (χ0v) is 16.5. The number of hydrogen-bond donors (Lipinski definition) is 0. The van der Waals surface area contributed by atoms with Gasteiger partial charge in [-0.1, -0.05) is 22.9 Å². The largest absolute Gasteiger partial charge is 0.481 e. The molecular formula is C17H18BrNO5S. The van der Waals surface area contributed by atoms with Crippen LogP contribution in [-0.2, 0) is 14.3 Å². The summed E-state index contributed by atoms with van der Waals surface area (Å²) in [7, 11) is 1.28. The van der Waals surface area contributed by atoms with Crippen LogP contribution in [0.3, 0.4) is 0 Å². The van der Waals surface area contributed by atoms with E-state index in [1.165, 1.54) is 12.0 Å².